The third kappa shape index (κ3) is 4.40. The minimum Gasteiger partial charge on any atom is -0.479 e. The van der Waals surface area contributed by atoms with Crippen molar-refractivity contribution in [2.75, 3.05) is 11.9 Å². The lowest BCUT2D eigenvalue weighted by molar-refractivity contribution is 0.0996. The normalized spacial score (nSPS) is 10.0. The molecular formula is C22H15FN2O3. The summed E-state index contributed by atoms with van der Waals surface area (Å²) in [5.41, 5.74) is 1.24. The quantitative estimate of drug-likeness (QED) is 0.656. The molecular weight excluding hydrogens is 359 g/mol. The van der Waals surface area contributed by atoms with Gasteiger partial charge >= 0.3 is 0 Å². The number of ketones is 1. The van der Waals surface area contributed by atoms with Gasteiger partial charge in [0.05, 0.1) is 5.56 Å². The number of rotatable bonds is 6. The van der Waals surface area contributed by atoms with Crippen LogP contribution in [-0.2, 0) is 0 Å². The van der Waals surface area contributed by atoms with E-state index < -0.39 is 11.7 Å². The lowest BCUT2D eigenvalue weighted by Gasteiger charge is -2.10. The number of nitriles is 1. The zero-order valence-corrected chi connectivity index (χ0v) is 14.7. The Labute approximate surface area is 161 Å². The molecule has 0 fully saturated rings. The molecule has 5 nitrogen and oxygen atoms in total. The summed E-state index contributed by atoms with van der Waals surface area (Å²) in [4.78, 5) is 25.4. The van der Waals surface area contributed by atoms with Gasteiger partial charge < -0.3 is 10.1 Å². The van der Waals surface area contributed by atoms with Crippen LogP contribution < -0.4 is 10.1 Å². The van der Waals surface area contributed by atoms with Crippen molar-refractivity contribution in [3.8, 4) is 11.8 Å². The van der Waals surface area contributed by atoms with Crippen molar-refractivity contribution in [1.29, 1.82) is 5.26 Å². The highest BCUT2D eigenvalue weighted by molar-refractivity contribution is 6.17. The summed E-state index contributed by atoms with van der Waals surface area (Å²) in [6.07, 6.45) is 0. The number of carbonyl (C=O) groups excluding carboxylic acids is 2. The number of hydrogen-bond acceptors (Lipinski definition) is 4. The fourth-order valence-electron chi connectivity index (χ4n) is 2.58. The molecule has 1 amide bonds. The van der Waals surface area contributed by atoms with Crippen LogP contribution in [0.2, 0.25) is 0 Å². The highest BCUT2D eigenvalue weighted by atomic mass is 19.1. The van der Waals surface area contributed by atoms with Gasteiger partial charge in [-0.15, -0.1) is 0 Å². The second-order valence-electron chi connectivity index (χ2n) is 5.81. The summed E-state index contributed by atoms with van der Waals surface area (Å²) in [6.45, 7) is -0.0649. The molecule has 0 saturated heterocycles. The molecule has 138 valence electrons. The average Bonchev–Trinajstić information content (AvgIpc) is 2.73. The van der Waals surface area contributed by atoms with E-state index in [1.807, 2.05) is 6.07 Å². The van der Waals surface area contributed by atoms with E-state index in [4.69, 9.17) is 10.00 Å². The second kappa shape index (κ2) is 8.60. The lowest BCUT2D eigenvalue weighted by atomic mass is 9.98. The van der Waals surface area contributed by atoms with Crippen molar-refractivity contribution in [3.63, 3.8) is 0 Å². The Hall–Kier alpha value is -3.98. The Morgan fingerprint density at radius 3 is 2.21 bits per heavy atom. The largest absolute Gasteiger partial charge is 0.479 e. The maximum Gasteiger partial charge on any atom is 0.256 e. The number of hydrogen-bond donors (Lipinski definition) is 1. The molecule has 0 heterocycles. The SMILES string of the molecule is N#CCOc1ccc(NC(=O)c2ccccc2C(=O)c2ccc(F)cc2)cc1. The van der Waals surface area contributed by atoms with Gasteiger partial charge in [0.2, 0.25) is 0 Å². The molecule has 28 heavy (non-hydrogen) atoms. The molecule has 3 aromatic rings. The predicted molar refractivity (Wildman–Crippen MR) is 102 cm³/mol. The number of carbonyl (C=O) groups is 2. The third-order valence-corrected chi connectivity index (χ3v) is 3.94. The molecule has 0 radical (unpaired) electrons. The predicted octanol–water partition coefficient (Wildman–Crippen LogP) is 4.21. The monoisotopic (exact) mass is 374 g/mol. The lowest BCUT2D eigenvalue weighted by Crippen LogP contribution is -2.17. The first-order valence-corrected chi connectivity index (χ1v) is 8.39. The topological polar surface area (TPSA) is 79.2 Å². The van der Waals surface area contributed by atoms with E-state index >= 15 is 0 Å². The number of halogens is 1. The first kappa shape index (κ1) is 18.8. The van der Waals surface area contributed by atoms with Gasteiger partial charge in [0.15, 0.2) is 12.4 Å². The van der Waals surface area contributed by atoms with Crippen LogP contribution in [0.3, 0.4) is 0 Å². The van der Waals surface area contributed by atoms with Gasteiger partial charge in [0.25, 0.3) is 5.91 Å². The number of nitrogens with one attached hydrogen (secondary N) is 1. The first-order valence-electron chi connectivity index (χ1n) is 8.39. The Bertz CT molecular complexity index is 1040. The standard InChI is InChI=1S/C22H15FN2O3/c23-16-7-5-15(6-8-16)21(26)19-3-1-2-4-20(19)22(27)25-17-9-11-18(12-10-17)28-14-13-24/h1-12H,14H2,(H,25,27). The summed E-state index contributed by atoms with van der Waals surface area (Å²) in [5.74, 6) is -0.751. The molecule has 0 aliphatic rings. The first-order chi connectivity index (χ1) is 13.6. The van der Waals surface area contributed by atoms with Crippen molar-refractivity contribution in [3.05, 3.63) is 95.3 Å². The van der Waals surface area contributed by atoms with Gasteiger partial charge in [0.1, 0.15) is 17.6 Å². The van der Waals surface area contributed by atoms with Gasteiger partial charge in [-0.25, -0.2) is 4.39 Å². The summed E-state index contributed by atoms with van der Waals surface area (Å²) in [5, 5.41) is 11.2. The number of nitrogens with zero attached hydrogens (tertiary/aromatic N) is 1. The van der Waals surface area contributed by atoms with Crippen LogP contribution in [0.5, 0.6) is 5.75 Å². The molecule has 0 aromatic heterocycles. The van der Waals surface area contributed by atoms with E-state index in [0.29, 0.717) is 17.0 Å². The molecule has 3 aromatic carbocycles. The minimum absolute atomic E-state index is 0.0649. The Morgan fingerprint density at radius 2 is 1.57 bits per heavy atom. The van der Waals surface area contributed by atoms with Crippen molar-refractivity contribution in [2.45, 2.75) is 0 Å². The molecule has 0 bridgehead atoms. The zero-order valence-electron chi connectivity index (χ0n) is 14.7. The van der Waals surface area contributed by atoms with Crippen LogP contribution in [0, 0.1) is 17.1 Å². The van der Waals surface area contributed by atoms with Crippen molar-refractivity contribution in [1.82, 2.24) is 0 Å². The highest BCUT2D eigenvalue weighted by Crippen LogP contribution is 2.19. The van der Waals surface area contributed by atoms with Gasteiger partial charge in [-0.05, 0) is 54.6 Å². The number of anilines is 1. The van der Waals surface area contributed by atoms with Crippen LogP contribution >= 0.6 is 0 Å². The maximum atomic E-state index is 13.1. The van der Waals surface area contributed by atoms with Crippen LogP contribution in [0.1, 0.15) is 26.3 Å². The minimum atomic E-state index is -0.447. The summed E-state index contributed by atoms with van der Waals surface area (Å²) < 4.78 is 18.3. The van der Waals surface area contributed by atoms with E-state index in [-0.39, 0.29) is 23.5 Å². The number of amides is 1. The molecule has 1 N–H and O–H groups in total. The van der Waals surface area contributed by atoms with Gasteiger partial charge in [0, 0.05) is 16.8 Å². The molecule has 0 atom stereocenters. The van der Waals surface area contributed by atoms with E-state index in [1.165, 1.54) is 24.3 Å². The molecule has 0 saturated carbocycles. The fraction of sp³-hybridized carbons (Fsp3) is 0.0455. The van der Waals surface area contributed by atoms with Crippen molar-refractivity contribution in [2.24, 2.45) is 0 Å². The molecule has 0 unspecified atom stereocenters. The van der Waals surface area contributed by atoms with Crippen LogP contribution in [0.4, 0.5) is 10.1 Å². The van der Waals surface area contributed by atoms with E-state index in [2.05, 4.69) is 5.32 Å². The molecule has 0 aliphatic carbocycles. The Balaban J connectivity index is 1.80. The van der Waals surface area contributed by atoms with Gasteiger partial charge in [-0.2, -0.15) is 5.26 Å². The average molecular weight is 374 g/mol. The molecule has 3 rings (SSSR count). The smallest absolute Gasteiger partial charge is 0.256 e. The number of ether oxygens (including phenoxy) is 1. The maximum absolute atomic E-state index is 13.1. The second-order valence-corrected chi connectivity index (χ2v) is 5.81. The van der Waals surface area contributed by atoms with E-state index in [0.717, 1.165) is 0 Å². The van der Waals surface area contributed by atoms with E-state index in [9.17, 15) is 14.0 Å². The summed E-state index contributed by atoms with van der Waals surface area (Å²) in [7, 11) is 0. The molecule has 0 aliphatic heterocycles. The Kier molecular flexibility index (Phi) is 5.78. The summed E-state index contributed by atoms with van der Waals surface area (Å²) >= 11 is 0. The molecule has 6 heteroatoms. The van der Waals surface area contributed by atoms with Gasteiger partial charge in [-0.3, -0.25) is 9.59 Å². The number of benzene rings is 3. The zero-order chi connectivity index (χ0) is 19.9. The van der Waals surface area contributed by atoms with Crippen LogP contribution in [-0.4, -0.2) is 18.3 Å². The van der Waals surface area contributed by atoms with Crippen molar-refractivity contribution >= 4 is 17.4 Å². The van der Waals surface area contributed by atoms with Crippen LogP contribution in [0.15, 0.2) is 72.8 Å². The third-order valence-electron chi connectivity index (χ3n) is 3.94. The van der Waals surface area contributed by atoms with Gasteiger partial charge in [-0.1, -0.05) is 18.2 Å². The molecule has 0 spiro atoms. The van der Waals surface area contributed by atoms with Crippen LogP contribution in [0.25, 0.3) is 0 Å². The van der Waals surface area contributed by atoms with Crippen molar-refractivity contribution < 1.29 is 18.7 Å². The summed E-state index contributed by atoms with van der Waals surface area (Å²) in [6, 6.07) is 20.0. The highest BCUT2D eigenvalue weighted by Gasteiger charge is 2.18. The Morgan fingerprint density at radius 1 is 0.929 bits per heavy atom. The van der Waals surface area contributed by atoms with E-state index in [1.54, 1.807) is 48.5 Å². The fourth-order valence-corrected chi connectivity index (χ4v) is 2.58.